The minimum Gasteiger partial charge on any atom is -0.364 e. The Morgan fingerprint density at radius 2 is 2.38 bits per heavy atom. The van der Waals surface area contributed by atoms with Gasteiger partial charge < -0.3 is 5.32 Å². The van der Waals surface area contributed by atoms with E-state index in [0.717, 1.165) is 16.8 Å². The van der Waals surface area contributed by atoms with E-state index in [1.165, 1.54) is 0 Å². The molecule has 0 saturated carbocycles. The predicted octanol–water partition coefficient (Wildman–Crippen LogP) is 1.88. The maximum atomic E-state index is 4.26. The molecule has 0 radical (unpaired) electrons. The van der Waals surface area contributed by atoms with E-state index in [4.69, 9.17) is 0 Å². The van der Waals surface area contributed by atoms with Gasteiger partial charge in [0.2, 0.25) is 0 Å². The van der Waals surface area contributed by atoms with Crippen LogP contribution in [0.3, 0.4) is 0 Å². The minimum atomic E-state index is 0.279. The Morgan fingerprint density at radius 1 is 1.56 bits per heavy atom. The number of aromatic nitrogens is 4. The van der Waals surface area contributed by atoms with Crippen LogP contribution in [0.1, 0.15) is 6.92 Å². The van der Waals surface area contributed by atoms with Gasteiger partial charge in [0.25, 0.3) is 0 Å². The highest BCUT2D eigenvalue weighted by Crippen LogP contribution is 2.08. The highest BCUT2D eigenvalue weighted by molar-refractivity contribution is 9.10. The van der Waals surface area contributed by atoms with Crippen molar-refractivity contribution in [1.82, 2.24) is 19.6 Å². The van der Waals surface area contributed by atoms with Crippen LogP contribution in [0.2, 0.25) is 0 Å². The average Bonchev–Trinajstić information content (AvgIpc) is 2.76. The second-order valence-corrected chi connectivity index (χ2v) is 4.72. The number of aryl methyl sites for hydroxylation is 1. The van der Waals surface area contributed by atoms with Crippen molar-refractivity contribution in [2.45, 2.75) is 19.5 Å². The minimum absolute atomic E-state index is 0.279. The van der Waals surface area contributed by atoms with Crippen LogP contribution in [0.25, 0.3) is 0 Å². The molecule has 0 aromatic carbocycles. The van der Waals surface area contributed by atoms with Gasteiger partial charge in [0.05, 0.1) is 17.2 Å². The molecule has 86 valence electrons. The van der Waals surface area contributed by atoms with E-state index >= 15 is 0 Å². The Kier molecular flexibility index (Phi) is 3.28. The fraction of sp³-hybridized carbons (Fsp3) is 0.400. The maximum absolute atomic E-state index is 4.26. The summed E-state index contributed by atoms with van der Waals surface area (Å²) in [6, 6.07) is 2.23. The molecular weight excluding hydrogens is 270 g/mol. The SMILES string of the molecule is CC(Cn1cc(Br)cn1)Nc1ccn(C)n1. The summed E-state index contributed by atoms with van der Waals surface area (Å²) in [5, 5.41) is 11.8. The fourth-order valence-electron chi connectivity index (χ4n) is 1.51. The summed E-state index contributed by atoms with van der Waals surface area (Å²) in [7, 11) is 1.90. The van der Waals surface area contributed by atoms with E-state index in [-0.39, 0.29) is 6.04 Å². The fourth-order valence-corrected chi connectivity index (χ4v) is 1.84. The summed E-state index contributed by atoms with van der Waals surface area (Å²) in [5.74, 6) is 0.890. The highest BCUT2D eigenvalue weighted by atomic mass is 79.9. The zero-order valence-electron chi connectivity index (χ0n) is 9.26. The van der Waals surface area contributed by atoms with Gasteiger partial charge >= 0.3 is 0 Å². The van der Waals surface area contributed by atoms with Crippen LogP contribution in [0.5, 0.6) is 0 Å². The van der Waals surface area contributed by atoms with E-state index in [2.05, 4.69) is 38.4 Å². The van der Waals surface area contributed by atoms with Crippen LogP contribution in [0.4, 0.5) is 5.82 Å². The summed E-state index contributed by atoms with van der Waals surface area (Å²) in [6.45, 7) is 2.91. The molecule has 16 heavy (non-hydrogen) atoms. The molecule has 2 rings (SSSR count). The summed E-state index contributed by atoms with van der Waals surface area (Å²) in [5.41, 5.74) is 0. The molecule has 1 unspecified atom stereocenters. The lowest BCUT2D eigenvalue weighted by Crippen LogP contribution is -2.22. The number of nitrogens with one attached hydrogen (secondary N) is 1. The lowest BCUT2D eigenvalue weighted by Gasteiger charge is -2.12. The molecule has 2 aromatic rings. The van der Waals surface area contributed by atoms with Crippen LogP contribution in [-0.2, 0) is 13.6 Å². The van der Waals surface area contributed by atoms with E-state index < -0.39 is 0 Å². The molecule has 0 aliphatic heterocycles. The van der Waals surface area contributed by atoms with Crippen molar-refractivity contribution in [1.29, 1.82) is 0 Å². The normalized spacial score (nSPS) is 12.7. The number of rotatable bonds is 4. The molecule has 6 heteroatoms. The maximum Gasteiger partial charge on any atom is 0.148 e. The number of halogens is 1. The lowest BCUT2D eigenvalue weighted by molar-refractivity contribution is 0.558. The van der Waals surface area contributed by atoms with Crippen LogP contribution in [0, 0.1) is 0 Å². The molecule has 1 atom stereocenters. The Labute approximate surface area is 103 Å². The third kappa shape index (κ3) is 2.85. The van der Waals surface area contributed by atoms with Gasteiger partial charge in [0, 0.05) is 31.5 Å². The molecule has 1 N–H and O–H groups in total. The number of hydrogen-bond acceptors (Lipinski definition) is 3. The summed E-state index contributed by atoms with van der Waals surface area (Å²) < 4.78 is 4.67. The van der Waals surface area contributed by atoms with Crippen LogP contribution in [0.15, 0.2) is 29.1 Å². The lowest BCUT2D eigenvalue weighted by atomic mass is 10.3. The molecule has 5 nitrogen and oxygen atoms in total. The molecule has 0 aliphatic rings. The smallest absolute Gasteiger partial charge is 0.148 e. The van der Waals surface area contributed by atoms with Crippen LogP contribution < -0.4 is 5.32 Å². The van der Waals surface area contributed by atoms with Crippen molar-refractivity contribution in [3.63, 3.8) is 0 Å². The van der Waals surface area contributed by atoms with E-state index in [9.17, 15) is 0 Å². The van der Waals surface area contributed by atoms with Crippen molar-refractivity contribution in [2.75, 3.05) is 5.32 Å². The zero-order chi connectivity index (χ0) is 11.5. The summed E-state index contributed by atoms with van der Waals surface area (Å²) in [4.78, 5) is 0. The first kappa shape index (κ1) is 11.2. The summed E-state index contributed by atoms with van der Waals surface area (Å²) in [6.07, 6.45) is 5.66. The van der Waals surface area contributed by atoms with Crippen molar-refractivity contribution in [2.24, 2.45) is 7.05 Å². The second kappa shape index (κ2) is 4.69. The standard InChI is InChI=1S/C10H14BrN5/c1-8(6-16-7-9(11)5-12-16)13-10-3-4-15(2)14-10/h3-5,7-8H,6H2,1-2H3,(H,13,14). The van der Waals surface area contributed by atoms with Crippen molar-refractivity contribution < 1.29 is 0 Å². The molecule has 0 amide bonds. The Hall–Kier alpha value is -1.30. The number of hydrogen-bond donors (Lipinski definition) is 1. The van der Waals surface area contributed by atoms with E-state index in [1.807, 2.05) is 30.2 Å². The highest BCUT2D eigenvalue weighted by Gasteiger charge is 2.05. The van der Waals surface area contributed by atoms with Crippen molar-refractivity contribution in [3.8, 4) is 0 Å². The number of anilines is 1. The molecular formula is C10H14BrN5. The first-order valence-electron chi connectivity index (χ1n) is 5.07. The molecule has 2 aromatic heterocycles. The Balaban J connectivity index is 1.91. The Bertz CT molecular complexity index is 419. The van der Waals surface area contributed by atoms with Gasteiger partial charge in [-0.05, 0) is 22.9 Å². The topological polar surface area (TPSA) is 47.7 Å². The quantitative estimate of drug-likeness (QED) is 0.932. The van der Waals surface area contributed by atoms with Gasteiger partial charge in [-0.2, -0.15) is 10.2 Å². The largest absolute Gasteiger partial charge is 0.364 e. The van der Waals surface area contributed by atoms with E-state index in [0.29, 0.717) is 0 Å². The number of nitrogens with zero attached hydrogens (tertiary/aromatic N) is 4. The van der Waals surface area contributed by atoms with Gasteiger partial charge in [-0.25, -0.2) is 0 Å². The Morgan fingerprint density at radius 3 is 2.94 bits per heavy atom. The van der Waals surface area contributed by atoms with Gasteiger partial charge in [0.15, 0.2) is 0 Å². The zero-order valence-corrected chi connectivity index (χ0v) is 10.8. The van der Waals surface area contributed by atoms with Gasteiger partial charge in [0.1, 0.15) is 5.82 Å². The van der Waals surface area contributed by atoms with Crippen LogP contribution >= 0.6 is 15.9 Å². The molecule has 0 fully saturated rings. The van der Waals surface area contributed by atoms with Gasteiger partial charge in [-0.3, -0.25) is 9.36 Å². The third-order valence-electron chi connectivity index (χ3n) is 2.17. The predicted molar refractivity (Wildman–Crippen MR) is 66.2 cm³/mol. The van der Waals surface area contributed by atoms with E-state index in [1.54, 1.807) is 10.9 Å². The monoisotopic (exact) mass is 283 g/mol. The summed E-state index contributed by atoms with van der Waals surface area (Å²) >= 11 is 3.37. The van der Waals surface area contributed by atoms with Crippen molar-refractivity contribution in [3.05, 3.63) is 29.1 Å². The van der Waals surface area contributed by atoms with Gasteiger partial charge in [-0.1, -0.05) is 0 Å². The molecule has 0 spiro atoms. The molecule has 2 heterocycles. The van der Waals surface area contributed by atoms with Crippen molar-refractivity contribution >= 4 is 21.7 Å². The molecule has 0 aliphatic carbocycles. The first-order valence-corrected chi connectivity index (χ1v) is 5.87. The average molecular weight is 284 g/mol. The third-order valence-corrected chi connectivity index (χ3v) is 2.58. The molecule has 0 saturated heterocycles. The molecule has 0 bridgehead atoms. The first-order chi connectivity index (χ1) is 7.63. The second-order valence-electron chi connectivity index (χ2n) is 3.80. The van der Waals surface area contributed by atoms with Crippen LogP contribution in [-0.4, -0.2) is 25.6 Å². The van der Waals surface area contributed by atoms with Gasteiger partial charge in [-0.15, -0.1) is 0 Å².